The molecule has 0 saturated carbocycles. The van der Waals surface area contributed by atoms with E-state index in [1.807, 2.05) is 0 Å². The number of rotatable bonds is 5. The van der Waals surface area contributed by atoms with E-state index in [1.54, 1.807) is 7.11 Å². The average Bonchev–Trinajstić information content (AvgIpc) is 2.48. The largest absolute Gasteiger partial charge is 0.379 e. The van der Waals surface area contributed by atoms with Crippen LogP contribution in [0.3, 0.4) is 0 Å². The summed E-state index contributed by atoms with van der Waals surface area (Å²) in [5.41, 5.74) is -0.648. The maximum atomic E-state index is 12.5. The Morgan fingerprint density at radius 1 is 1.32 bits per heavy atom. The predicted octanol–water partition coefficient (Wildman–Crippen LogP) is 0.435. The van der Waals surface area contributed by atoms with Gasteiger partial charge in [0.05, 0.1) is 13.2 Å². The molecule has 2 aliphatic heterocycles. The minimum Gasteiger partial charge on any atom is -0.379 e. The molecule has 2 fully saturated rings. The molecular weight excluding hydrogens is 329 g/mol. The highest BCUT2D eigenvalue weighted by Crippen LogP contribution is 2.22. The minimum absolute atomic E-state index is 0. The monoisotopic (exact) mass is 357 g/mol. The highest BCUT2D eigenvalue weighted by molar-refractivity contribution is 5.86. The number of methoxy groups -OCH3 is 1. The van der Waals surface area contributed by atoms with Crippen molar-refractivity contribution in [3.05, 3.63) is 0 Å². The standard InChI is InChI=1S/C14H27N3O3.2ClH/c1-12(11-17-7-9-20-10-8-17)16-13(18)14(19-2)3-5-15-6-4-14;;/h12,15H,3-11H2,1-2H3,(H,16,18);2*1H. The van der Waals surface area contributed by atoms with Gasteiger partial charge in [0.15, 0.2) is 0 Å². The quantitative estimate of drug-likeness (QED) is 0.747. The second-order valence-corrected chi connectivity index (χ2v) is 5.74. The number of nitrogens with one attached hydrogen (secondary N) is 2. The van der Waals surface area contributed by atoms with Gasteiger partial charge in [0.2, 0.25) is 0 Å². The van der Waals surface area contributed by atoms with Crippen molar-refractivity contribution in [1.29, 1.82) is 0 Å². The van der Waals surface area contributed by atoms with Crippen LogP contribution in [0.25, 0.3) is 0 Å². The first-order chi connectivity index (χ1) is 9.66. The lowest BCUT2D eigenvalue weighted by atomic mass is 9.91. The summed E-state index contributed by atoms with van der Waals surface area (Å²) in [4.78, 5) is 14.8. The van der Waals surface area contributed by atoms with Crippen LogP contribution >= 0.6 is 24.8 Å². The van der Waals surface area contributed by atoms with Crippen LogP contribution in [-0.4, -0.2) is 75.5 Å². The van der Waals surface area contributed by atoms with Crippen molar-refractivity contribution in [2.75, 3.05) is 53.0 Å². The molecule has 2 aliphatic rings. The zero-order valence-electron chi connectivity index (χ0n) is 13.4. The topological polar surface area (TPSA) is 62.8 Å². The fourth-order valence-electron chi connectivity index (χ4n) is 2.93. The molecule has 0 bridgehead atoms. The van der Waals surface area contributed by atoms with E-state index in [2.05, 4.69) is 22.5 Å². The molecule has 0 aliphatic carbocycles. The van der Waals surface area contributed by atoms with Crippen LogP contribution in [0.2, 0.25) is 0 Å². The maximum Gasteiger partial charge on any atom is 0.252 e. The Morgan fingerprint density at radius 3 is 2.45 bits per heavy atom. The van der Waals surface area contributed by atoms with E-state index < -0.39 is 5.60 Å². The molecule has 2 saturated heterocycles. The van der Waals surface area contributed by atoms with Gasteiger partial charge in [0, 0.05) is 32.8 Å². The summed E-state index contributed by atoms with van der Waals surface area (Å²) in [6.45, 7) is 8.05. The van der Waals surface area contributed by atoms with Gasteiger partial charge in [0.1, 0.15) is 5.60 Å². The Balaban J connectivity index is 0.00000220. The molecular formula is C14H29Cl2N3O3. The van der Waals surface area contributed by atoms with Crippen molar-refractivity contribution in [2.24, 2.45) is 0 Å². The van der Waals surface area contributed by atoms with Crippen molar-refractivity contribution in [1.82, 2.24) is 15.5 Å². The fourth-order valence-corrected chi connectivity index (χ4v) is 2.93. The molecule has 0 aromatic heterocycles. The Morgan fingerprint density at radius 2 is 1.91 bits per heavy atom. The van der Waals surface area contributed by atoms with E-state index in [0.29, 0.717) is 0 Å². The second-order valence-electron chi connectivity index (χ2n) is 5.74. The summed E-state index contributed by atoms with van der Waals surface area (Å²) in [6.07, 6.45) is 1.47. The lowest BCUT2D eigenvalue weighted by Gasteiger charge is -2.36. The molecule has 0 radical (unpaired) electrons. The van der Waals surface area contributed by atoms with Gasteiger partial charge < -0.3 is 20.1 Å². The highest BCUT2D eigenvalue weighted by Gasteiger charge is 2.40. The molecule has 0 spiro atoms. The van der Waals surface area contributed by atoms with Crippen LogP contribution in [0.1, 0.15) is 19.8 Å². The number of carbonyl (C=O) groups is 1. The number of halogens is 2. The van der Waals surface area contributed by atoms with Crippen LogP contribution in [0.4, 0.5) is 0 Å². The third kappa shape index (κ3) is 5.83. The molecule has 2 N–H and O–H groups in total. The first kappa shape index (κ1) is 21.9. The van der Waals surface area contributed by atoms with E-state index in [0.717, 1.165) is 58.8 Å². The molecule has 0 aromatic carbocycles. The summed E-state index contributed by atoms with van der Waals surface area (Å²) in [5.74, 6) is 0.0299. The zero-order chi connectivity index (χ0) is 14.4. The van der Waals surface area contributed by atoms with Crippen molar-refractivity contribution in [3.8, 4) is 0 Å². The summed E-state index contributed by atoms with van der Waals surface area (Å²) in [5, 5.41) is 6.38. The smallest absolute Gasteiger partial charge is 0.252 e. The van der Waals surface area contributed by atoms with Crippen LogP contribution in [0.5, 0.6) is 0 Å². The van der Waals surface area contributed by atoms with Gasteiger partial charge in [-0.1, -0.05) is 0 Å². The molecule has 6 nitrogen and oxygen atoms in total. The van der Waals surface area contributed by atoms with Crippen LogP contribution < -0.4 is 10.6 Å². The van der Waals surface area contributed by atoms with Crippen LogP contribution in [0.15, 0.2) is 0 Å². The van der Waals surface area contributed by atoms with Gasteiger partial charge in [-0.2, -0.15) is 0 Å². The Kier molecular flexibility index (Phi) is 10.6. The van der Waals surface area contributed by atoms with E-state index in [-0.39, 0.29) is 36.8 Å². The van der Waals surface area contributed by atoms with Gasteiger partial charge in [-0.25, -0.2) is 0 Å². The lowest BCUT2D eigenvalue weighted by Crippen LogP contribution is -2.57. The maximum absolute atomic E-state index is 12.5. The van der Waals surface area contributed by atoms with E-state index in [4.69, 9.17) is 9.47 Å². The van der Waals surface area contributed by atoms with E-state index >= 15 is 0 Å². The van der Waals surface area contributed by atoms with Crippen LogP contribution in [-0.2, 0) is 14.3 Å². The molecule has 22 heavy (non-hydrogen) atoms. The van der Waals surface area contributed by atoms with Crippen molar-refractivity contribution in [3.63, 3.8) is 0 Å². The number of ether oxygens (including phenoxy) is 2. The lowest BCUT2D eigenvalue weighted by molar-refractivity contribution is -0.147. The molecule has 2 heterocycles. The Labute approximate surface area is 145 Å². The number of hydrogen-bond donors (Lipinski definition) is 2. The van der Waals surface area contributed by atoms with Gasteiger partial charge in [-0.15, -0.1) is 24.8 Å². The van der Waals surface area contributed by atoms with Crippen molar-refractivity contribution < 1.29 is 14.3 Å². The molecule has 0 aromatic rings. The minimum atomic E-state index is -0.648. The van der Waals surface area contributed by atoms with E-state index in [1.165, 1.54) is 0 Å². The Bertz CT molecular complexity index is 322. The Hall–Kier alpha value is -0.110. The molecule has 2 rings (SSSR count). The first-order valence-electron chi connectivity index (χ1n) is 7.53. The molecule has 8 heteroatoms. The van der Waals surface area contributed by atoms with Crippen molar-refractivity contribution in [2.45, 2.75) is 31.4 Å². The number of nitrogens with zero attached hydrogens (tertiary/aromatic N) is 1. The summed E-state index contributed by atoms with van der Waals surface area (Å²) >= 11 is 0. The molecule has 1 unspecified atom stereocenters. The van der Waals surface area contributed by atoms with Crippen LogP contribution in [0, 0.1) is 0 Å². The second kappa shape index (κ2) is 10.6. The van der Waals surface area contributed by atoms with Gasteiger partial charge in [0.25, 0.3) is 5.91 Å². The summed E-state index contributed by atoms with van der Waals surface area (Å²) in [6, 6.07) is 0.127. The average molecular weight is 358 g/mol. The third-order valence-corrected chi connectivity index (χ3v) is 4.23. The number of piperidine rings is 1. The van der Waals surface area contributed by atoms with Crippen molar-refractivity contribution >= 4 is 30.7 Å². The van der Waals surface area contributed by atoms with Gasteiger partial charge in [-0.05, 0) is 32.9 Å². The van der Waals surface area contributed by atoms with Gasteiger partial charge in [-0.3, -0.25) is 9.69 Å². The summed E-state index contributed by atoms with van der Waals surface area (Å²) in [7, 11) is 1.64. The molecule has 1 atom stereocenters. The first-order valence-corrected chi connectivity index (χ1v) is 7.53. The summed E-state index contributed by atoms with van der Waals surface area (Å²) < 4.78 is 10.9. The SMILES string of the molecule is COC1(C(=O)NC(C)CN2CCOCC2)CCNCC1.Cl.Cl. The number of amides is 1. The molecule has 132 valence electrons. The van der Waals surface area contributed by atoms with Gasteiger partial charge >= 0.3 is 0 Å². The normalized spacial score (nSPS) is 22.8. The predicted molar refractivity (Wildman–Crippen MR) is 91.2 cm³/mol. The van der Waals surface area contributed by atoms with E-state index in [9.17, 15) is 4.79 Å². The zero-order valence-corrected chi connectivity index (χ0v) is 15.1. The number of hydrogen-bond acceptors (Lipinski definition) is 5. The molecule has 1 amide bonds. The fraction of sp³-hybridized carbons (Fsp3) is 0.929. The highest BCUT2D eigenvalue weighted by atomic mass is 35.5. The number of carbonyl (C=O) groups excluding carboxylic acids is 1. The third-order valence-electron chi connectivity index (χ3n) is 4.23. The number of morpholine rings is 1.